The summed E-state index contributed by atoms with van der Waals surface area (Å²) in [6, 6.07) is 10.2. The first-order valence-electron chi connectivity index (χ1n) is 3.92. The van der Waals surface area contributed by atoms with E-state index >= 15 is 0 Å². The third-order valence-electron chi connectivity index (χ3n) is 0.733. The molecule has 0 unspecified atom stereocenters. The van der Waals surface area contributed by atoms with Crippen LogP contribution in [0.3, 0.4) is 0 Å². The average Bonchev–Trinajstić information content (AvgIpc) is 2.03. The monoisotopic (exact) mass is 322 g/mol. The summed E-state index contributed by atoms with van der Waals surface area (Å²) in [6.07, 6.45) is 0. The van der Waals surface area contributed by atoms with E-state index in [0.717, 1.165) is 13.8 Å². The first-order valence-corrected chi connectivity index (χ1v) is 4.99. The highest BCUT2D eigenvalue weighted by atomic mass is 127. The van der Waals surface area contributed by atoms with E-state index in [1.807, 2.05) is 18.2 Å². The van der Waals surface area contributed by atoms with Gasteiger partial charge < -0.3 is 19.8 Å². The smallest absolute Gasteiger partial charge is 0.0383 e. The summed E-state index contributed by atoms with van der Waals surface area (Å²) in [6.45, 7) is 1.94. The molecule has 0 fully saturated rings. The molecule has 0 saturated heterocycles. The molecule has 0 aliphatic heterocycles. The van der Waals surface area contributed by atoms with Gasteiger partial charge in [0, 0.05) is 15.5 Å². The van der Waals surface area contributed by atoms with E-state index in [4.69, 9.17) is 19.8 Å². The maximum absolute atomic E-state index is 8.89. The predicted molar refractivity (Wildman–Crippen MR) is 60.5 cm³/mol. The van der Waals surface area contributed by atoms with Gasteiger partial charge in [-0.25, -0.2) is 0 Å². The third-order valence-corrected chi connectivity index (χ3v) is 1.45. The summed E-state index contributed by atoms with van der Waals surface area (Å²) in [7, 11) is 0. The second-order valence-electron chi connectivity index (χ2n) is 2.28. The lowest BCUT2D eigenvalue weighted by Gasteiger charge is -1.80. The molecule has 0 aliphatic carbocycles. The molecular weight excluding hydrogens is 311 g/mol. The van der Waals surface area contributed by atoms with Gasteiger partial charge in [0.25, 0.3) is 0 Å². The Kier molecular flexibility index (Phi) is 11.9. The van der Waals surface area contributed by atoms with Gasteiger partial charge in [0.15, 0.2) is 0 Å². The number of carboxylic acids is 2. The molecule has 0 amide bonds. The number of hydrogen-bond donors (Lipinski definition) is 0. The van der Waals surface area contributed by atoms with Gasteiger partial charge in [-0.1, -0.05) is 18.2 Å². The van der Waals surface area contributed by atoms with E-state index in [0.29, 0.717) is 0 Å². The van der Waals surface area contributed by atoms with Crippen LogP contribution in [-0.2, 0) is 9.59 Å². The minimum Gasteiger partial charge on any atom is -0.550 e. The number of benzene rings is 1. The molecule has 0 bridgehead atoms. The number of rotatable bonds is 0. The van der Waals surface area contributed by atoms with E-state index in [1.165, 1.54) is 3.57 Å². The van der Waals surface area contributed by atoms with Crippen LogP contribution in [0.5, 0.6) is 0 Å². The molecule has 0 atom stereocenters. The lowest BCUT2D eigenvalue weighted by Crippen LogP contribution is -2.16. The van der Waals surface area contributed by atoms with E-state index in [2.05, 4.69) is 34.7 Å². The summed E-state index contributed by atoms with van der Waals surface area (Å²) < 4.78 is 1.29. The lowest BCUT2D eigenvalue weighted by atomic mass is 10.4. The van der Waals surface area contributed by atoms with Crippen LogP contribution in [-0.4, -0.2) is 11.9 Å². The molecule has 1 rings (SSSR count). The molecule has 0 aliphatic rings. The van der Waals surface area contributed by atoms with Crippen molar-refractivity contribution in [2.75, 3.05) is 0 Å². The van der Waals surface area contributed by atoms with E-state index < -0.39 is 11.9 Å². The molecule has 1 aromatic rings. The van der Waals surface area contributed by atoms with Crippen LogP contribution in [0, 0.1) is 3.57 Å². The van der Waals surface area contributed by atoms with Crippen molar-refractivity contribution in [1.82, 2.24) is 0 Å². The lowest BCUT2D eigenvalue weighted by molar-refractivity contribution is -0.303. The summed E-state index contributed by atoms with van der Waals surface area (Å²) in [5.74, 6) is -2.17. The molecule has 0 saturated carbocycles. The van der Waals surface area contributed by atoms with Gasteiger partial charge in [-0.3, -0.25) is 0 Å². The largest absolute Gasteiger partial charge is 0.550 e. The predicted octanol–water partition coefficient (Wildman–Crippen LogP) is -0.196. The fourth-order valence-electron chi connectivity index (χ4n) is 0.415. The van der Waals surface area contributed by atoms with Crippen molar-refractivity contribution in [2.45, 2.75) is 13.8 Å². The number of carbonyl (C=O) groups is 2. The van der Waals surface area contributed by atoms with Gasteiger partial charge in [0.1, 0.15) is 0 Å². The van der Waals surface area contributed by atoms with E-state index in [-0.39, 0.29) is 0 Å². The summed E-state index contributed by atoms with van der Waals surface area (Å²) in [4.78, 5) is 17.8. The molecule has 0 spiro atoms. The maximum Gasteiger partial charge on any atom is 0.0383 e. The number of hydrogen-bond acceptors (Lipinski definition) is 4. The van der Waals surface area contributed by atoms with E-state index in [1.54, 1.807) is 0 Å². The SMILES string of the molecule is CC(=O)[O-].CC(=O)[O-].Ic1ccccc1. The summed E-state index contributed by atoms with van der Waals surface area (Å²) >= 11 is 2.28. The Morgan fingerprint density at radius 2 is 1.27 bits per heavy atom. The molecular formula is C10H11IO4-2. The summed E-state index contributed by atoms with van der Waals surface area (Å²) in [5.41, 5.74) is 0. The summed E-state index contributed by atoms with van der Waals surface area (Å²) in [5, 5.41) is 17.8. The second kappa shape index (κ2) is 11.0. The van der Waals surface area contributed by atoms with Gasteiger partial charge >= 0.3 is 0 Å². The van der Waals surface area contributed by atoms with Crippen molar-refractivity contribution in [3.8, 4) is 0 Å². The Morgan fingerprint density at radius 1 is 1.00 bits per heavy atom. The number of carboxylic acid groups (broad SMARTS) is 2. The van der Waals surface area contributed by atoms with Crippen LogP contribution in [0.1, 0.15) is 13.8 Å². The highest BCUT2D eigenvalue weighted by Crippen LogP contribution is 1.99. The van der Waals surface area contributed by atoms with Crippen LogP contribution in [0.4, 0.5) is 0 Å². The molecule has 0 aromatic heterocycles. The highest BCUT2D eigenvalue weighted by molar-refractivity contribution is 14.1. The quantitative estimate of drug-likeness (QED) is 0.620. The van der Waals surface area contributed by atoms with E-state index in [9.17, 15) is 0 Å². The van der Waals surface area contributed by atoms with Crippen molar-refractivity contribution >= 4 is 34.5 Å². The molecule has 15 heavy (non-hydrogen) atoms. The standard InChI is InChI=1S/C6H5I.2C2H4O2/c7-6-4-2-1-3-5-6;2*1-2(3)4/h1-5H;2*1H3,(H,3,4)/p-2. The second-order valence-corrected chi connectivity index (χ2v) is 3.52. The topological polar surface area (TPSA) is 80.3 Å². The van der Waals surface area contributed by atoms with Gasteiger partial charge in [-0.05, 0) is 48.6 Å². The normalized spacial score (nSPS) is 7.40. The van der Waals surface area contributed by atoms with Crippen LogP contribution < -0.4 is 10.2 Å². The van der Waals surface area contributed by atoms with Crippen molar-refractivity contribution in [1.29, 1.82) is 0 Å². The zero-order valence-corrected chi connectivity index (χ0v) is 10.6. The van der Waals surface area contributed by atoms with Crippen LogP contribution in [0.2, 0.25) is 0 Å². The molecule has 0 N–H and O–H groups in total. The number of carbonyl (C=O) groups excluding carboxylic acids is 2. The molecule has 0 radical (unpaired) electrons. The Labute approximate surface area is 102 Å². The Hall–Kier alpha value is -1.11. The van der Waals surface area contributed by atoms with Crippen molar-refractivity contribution in [3.63, 3.8) is 0 Å². The van der Waals surface area contributed by atoms with Crippen LogP contribution in [0.15, 0.2) is 30.3 Å². The Morgan fingerprint density at radius 3 is 1.40 bits per heavy atom. The van der Waals surface area contributed by atoms with Gasteiger partial charge in [-0.15, -0.1) is 0 Å². The maximum atomic E-state index is 8.89. The fraction of sp³-hybridized carbons (Fsp3) is 0.200. The van der Waals surface area contributed by atoms with Crippen molar-refractivity contribution < 1.29 is 19.8 Å². The minimum absolute atomic E-state index is 0.972. The third kappa shape index (κ3) is 32.2. The van der Waals surface area contributed by atoms with Crippen LogP contribution in [0.25, 0.3) is 0 Å². The highest BCUT2D eigenvalue weighted by Gasteiger charge is 1.74. The fourth-order valence-corrected chi connectivity index (χ4v) is 0.830. The van der Waals surface area contributed by atoms with Crippen LogP contribution >= 0.6 is 22.6 Å². The van der Waals surface area contributed by atoms with Gasteiger partial charge in [-0.2, -0.15) is 0 Å². The van der Waals surface area contributed by atoms with Gasteiger partial charge in [0.05, 0.1) is 0 Å². The first-order chi connectivity index (χ1) is 6.86. The van der Waals surface area contributed by atoms with Crippen molar-refractivity contribution in [2.24, 2.45) is 0 Å². The zero-order valence-electron chi connectivity index (χ0n) is 8.40. The average molecular weight is 322 g/mol. The first kappa shape index (κ1) is 16.3. The molecule has 4 nitrogen and oxygen atoms in total. The number of aliphatic carboxylic acids is 2. The molecule has 0 heterocycles. The molecule has 5 heteroatoms. The zero-order chi connectivity index (χ0) is 12.3. The van der Waals surface area contributed by atoms with Gasteiger partial charge in [0.2, 0.25) is 0 Å². The van der Waals surface area contributed by atoms with Crippen molar-refractivity contribution in [3.05, 3.63) is 33.9 Å². The number of halogens is 1. The minimum atomic E-state index is -1.08. The molecule has 84 valence electrons. The Bertz CT molecular complexity index is 265. The Balaban J connectivity index is 0. The molecule has 1 aromatic carbocycles.